The third-order valence-corrected chi connectivity index (χ3v) is 3.59. The number of rotatable bonds is 6. The van der Waals surface area contributed by atoms with E-state index in [1.165, 1.54) is 0 Å². The van der Waals surface area contributed by atoms with Crippen molar-refractivity contribution in [2.75, 3.05) is 31.2 Å². The van der Waals surface area contributed by atoms with Gasteiger partial charge in [-0.1, -0.05) is 13.0 Å². The highest BCUT2D eigenvalue weighted by Crippen LogP contribution is 2.20. The highest BCUT2D eigenvalue weighted by Gasteiger charge is 2.22. The SMILES string of the molecule is CCN(CC(=O)NC)C(C)C(=O)Nc1cccc(N)c1C. The Kier molecular flexibility index (Phi) is 6.17. The van der Waals surface area contributed by atoms with Gasteiger partial charge in [-0.05, 0) is 38.1 Å². The van der Waals surface area contributed by atoms with Crippen molar-refractivity contribution < 1.29 is 9.59 Å². The summed E-state index contributed by atoms with van der Waals surface area (Å²) in [6, 6.07) is 4.99. The maximum atomic E-state index is 12.3. The van der Waals surface area contributed by atoms with Crippen molar-refractivity contribution in [3.05, 3.63) is 23.8 Å². The molecule has 6 heteroatoms. The van der Waals surface area contributed by atoms with Gasteiger partial charge in [0.1, 0.15) is 0 Å². The van der Waals surface area contributed by atoms with Crippen LogP contribution in [0.3, 0.4) is 0 Å². The second kappa shape index (κ2) is 7.64. The lowest BCUT2D eigenvalue weighted by molar-refractivity contribution is -0.125. The summed E-state index contributed by atoms with van der Waals surface area (Å²) in [5.41, 5.74) is 8.00. The molecule has 0 saturated heterocycles. The lowest BCUT2D eigenvalue weighted by atomic mass is 10.1. The molecule has 0 spiro atoms. The molecular formula is C15H24N4O2. The fraction of sp³-hybridized carbons (Fsp3) is 0.467. The van der Waals surface area contributed by atoms with Crippen LogP contribution in [0.15, 0.2) is 18.2 Å². The Morgan fingerprint density at radius 3 is 2.62 bits per heavy atom. The average molecular weight is 292 g/mol. The third-order valence-electron chi connectivity index (χ3n) is 3.59. The second-order valence-corrected chi connectivity index (χ2v) is 4.92. The number of likely N-dealkylation sites (N-methyl/N-ethyl adjacent to an activating group) is 2. The smallest absolute Gasteiger partial charge is 0.241 e. The van der Waals surface area contributed by atoms with Gasteiger partial charge in [0.2, 0.25) is 11.8 Å². The van der Waals surface area contributed by atoms with Crippen molar-refractivity contribution in [3.8, 4) is 0 Å². The number of hydrogen-bond donors (Lipinski definition) is 3. The first-order chi connectivity index (χ1) is 9.90. The summed E-state index contributed by atoms with van der Waals surface area (Å²) in [7, 11) is 1.58. The fourth-order valence-corrected chi connectivity index (χ4v) is 1.98. The molecule has 0 aliphatic heterocycles. The van der Waals surface area contributed by atoms with E-state index in [-0.39, 0.29) is 18.4 Å². The van der Waals surface area contributed by atoms with Gasteiger partial charge in [0.15, 0.2) is 0 Å². The molecule has 1 atom stereocenters. The highest BCUT2D eigenvalue weighted by atomic mass is 16.2. The van der Waals surface area contributed by atoms with Crippen molar-refractivity contribution in [3.63, 3.8) is 0 Å². The highest BCUT2D eigenvalue weighted by molar-refractivity contribution is 5.96. The summed E-state index contributed by atoms with van der Waals surface area (Å²) in [5.74, 6) is -0.272. The van der Waals surface area contributed by atoms with E-state index in [1.54, 1.807) is 31.0 Å². The summed E-state index contributed by atoms with van der Waals surface area (Å²) < 4.78 is 0. The average Bonchev–Trinajstić information content (AvgIpc) is 2.48. The van der Waals surface area contributed by atoms with Crippen LogP contribution in [0.5, 0.6) is 0 Å². The molecular weight excluding hydrogens is 268 g/mol. The minimum Gasteiger partial charge on any atom is -0.398 e. The van der Waals surface area contributed by atoms with E-state index in [0.29, 0.717) is 17.9 Å². The zero-order valence-corrected chi connectivity index (χ0v) is 13.1. The topological polar surface area (TPSA) is 87.5 Å². The van der Waals surface area contributed by atoms with Crippen LogP contribution in [-0.4, -0.2) is 42.9 Å². The van der Waals surface area contributed by atoms with Gasteiger partial charge in [-0.3, -0.25) is 14.5 Å². The molecule has 0 aliphatic carbocycles. The van der Waals surface area contributed by atoms with Crippen LogP contribution in [0, 0.1) is 6.92 Å². The number of carbonyl (C=O) groups is 2. The van der Waals surface area contributed by atoms with Crippen LogP contribution in [0.4, 0.5) is 11.4 Å². The van der Waals surface area contributed by atoms with Crippen LogP contribution in [0.25, 0.3) is 0 Å². The maximum absolute atomic E-state index is 12.3. The molecule has 2 amide bonds. The molecule has 0 bridgehead atoms. The van der Waals surface area contributed by atoms with Gasteiger partial charge in [0.05, 0.1) is 12.6 Å². The third kappa shape index (κ3) is 4.46. The van der Waals surface area contributed by atoms with Gasteiger partial charge in [-0.25, -0.2) is 0 Å². The maximum Gasteiger partial charge on any atom is 0.241 e. The van der Waals surface area contributed by atoms with Crippen LogP contribution in [0.1, 0.15) is 19.4 Å². The van der Waals surface area contributed by atoms with Crippen LogP contribution < -0.4 is 16.4 Å². The molecule has 0 saturated carbocycles. The van der Waals surface area contributed by atoms with Gasteiger partial charge in [0, 0.05) is 18.4 Å². The second-order valence-electron chi connectivity index (χ2n) is 4.92. The summed E-state index contributed by atoms with van der Waals surface area (Å²) >= 11 is 0. The zero-order chi connectivity index (χ0) is 16.0. The van der Waals surface area contributed by atoms with Gasteiger partial charge >= 0.3 is 0 Å². The Morgan fingerprint density at radius 2 is 2.05 bits per heavy atom. The Labute approximate surface area is 125 Å². The minimum absolute atomic E-state index is 0.114. The summed E-state index contributed by atoms with van der Waals surface area (Å²) in [5, 5.41) is 5.43. The van der Waals surface area contributed by atoms with Crippen molar-refractivity contribution in [1.82, 2.24) is 10.2 Å². The molecule has 1 unspecified atom stereocenters. The van der Waals surface area contributed by atoms with Crippen molar-refractivity contribution >= 4 is 23.2 Å². The Bertz CT molecular complexity index is 516. The van der Waals surface area contributed by atoms with E-state index in [2.05, 4.69) is 10.6 Å². The molecule has 1 aromatic carbocycles. The number of nitrogens with two attached hydrogens (primary N) is 1. The van der Waals surface area contributed by atoms with Gasteiger partial charge < -0.3 is 16.4 Å². The molecule has 6 nitrogen and oxygen atoms in total. The molecule has 1 rings (SSSR count). The number of nitrogen functional groups attached to an aromatic ring is 1. The van der Waals surface area contributed by atoms with Gasteiger partial charge in [-0.15, -0.1) is 0 Å². The summed E-state index contributed by atoms with van der Waals surface area (Å²) in [6.45, 7) is 6.36. The number of nitrogens with zero attached hydrogens (tertiary/aromatic N) is 1. The standard InChI is InChI=1S/C15H24N4O2/c1-5-19(9-14(20)17-4)11(3)15(21)18-13-8-6-7-12(16)10(13)2/h6-8,11H,5,9,16H2,1-4H3,(H,17,20)(H,18,21). The first-order valence-corrected chi connectivity index (χ1v) is 7.01. The van der Waals surface area contributed by atoms with Gasteiger partial charge in [-0.2, -0.15) is 0 Å². The van der Waals surface area contributed by atoms with Crippen LogP contribution in [-0.2, 0) is 9.59 Å². The quantitative estimate of drug-likeness (QED) is 0.682. The number of carbonyl (C=O) groups excluding carboxylic acids is 2. The number of nitrogens with one attached hydrogen (secondary N) is 2. The first-order valence-electron chi connectivity index (χ1n) is 7.01. The Balaban J connectivity index is 2.77. The van der Waals surface area contributed by atoms with Crippen molar-refractivity contribution in [1.29, 1.82) is 0 Å². The molecule has 0 radical (unpaired) electrons. The Hall–Kier alpha value is -2.08. The van der Waals surface area contributed by atoms with E-state index < -0.39 is 6.04 Å². The molecule has 0 aromatic heterocycles. The minimum atomic E-state index is -0.409. The van der Waals surface area contributed by atoms with Crippen molar-refractivity contribution in [2.24, 2.45) is 0 Å². The predicted molar refractivity (Wildman–Crippen MR) is 85.0 cm³/mol. The molecule has 1 aromatic rings. The monoisotopic (exact) mass is 292 g/mol. The van der Waals surface area contributed by atoms with E-state index >= 15 is 0 Å². The fourth-order valence-electron chi connectivity index (χ4n) is 1.98. The van der Waals surface area contributed by atoms with Crippen molar-refractivity contribution in [2.45, 2.75) is 26.8 Å². The Morgan fingerprint density at radius 1 is 1.38 bits per heavy atom. The molecule has 0 heterocycles. The lowest BCUT2D eigenvalue weighted by Gasteiger charge is -2.26. The zero-order valence-electron chi connectivity index (χ0n) is 13.1. The molecule has 116 valence electrons. The van der Waals surface area contributed by atoms with Crippen LogP contribution >= 0.6 is 0 Å². The van der Waals surface area contributed by atoms with Crippen LogP contribution in [0.2, 0.25) is 0 Å². The van der Waals surface area contributed by atoms with E-state index in [4.69, 9.17) is 5.73 Å². The number of benzene rings is 1. The van der Waals surface area contributed by atoms with E-state index in [1.807, 2.05) is 19.9 Å². The molecule has 4 N–H and O–H groups in total. The predicted octanol–water partition coefficient (Wildman–Crippen LogP) is 0.972. The largest absolute Gasteiger partial charge is 0.398 e. The summed E-state index contributed by atoms with van der Waals surface area (Å²) in [4.78, 5) is 25.6. The molecule has 0 fully saturated rings. The number of hydrogen-bond acceptors (Lipinski definition) is 4. The normalized spacial score (nSPS) is 12.0. The lowest BCUT2D eigenvalue weighted by Crippen LogP contribution is -2.46. The van der Waals surface area contributed by atoms with E-state index in [9.17, 15) is 9.59 Å². The molecule has 0 aliphatic rings. The van der Waals surface area contributed by atoms with E-state index in [0.717, 1.165) is 5.56 Å². The number of amides is 2. The molecule has 21 heavy (non-hydrogen) atoms. The van der Waals surface area contributed by atoms with Gasteiger partial charge in [0.25, 0.3) is 0 Å². The first kappa shape index (κ1) is 17.0. The number of anilines is 2. The summed E-state index contributed by atoms with van der Waals surface area (Å²) in [6.07, 6.45) is 0.